The molecule has 2 atom stereocenters. The summed E-state index contributed by atoms with van der Waals surface area (Å²) in [5, 5.41) is 11.7. The maximum atomic E-state index is 10.5. The molecule has 0 amide bonds. The first-order chi connectivity index (χ1) is 4.26. The van der Waals surface area contributed by atoms with Crippen molar-refractivity contribution in [3.63, 3.8) is 0 Å². The number of hydrogen-bond donors (Lipinski definition) is 2. The van der Waals surface area contributed by atoms with Crippen LogP contribution in [0.15, 0.2) is 0 Å². The number of carbonyl (C=O) groups is 1. The maximum absolute atomic E-state index is 10.5. The van der Waals surface area contributed by atoms with Gasteiger partial charge in [0.15, 0.2) is 0 Å². The lowest BCUT2D eigenvalue weighted by molar-refractivity contribution is -0.140. The van der Waals surface area contributed by atoms with Crippen LogP contribution >= 0.6 is 0 Å². The van der Waals surface area contributed by atoms with E-state index in [2.05, 4.69) is 5.32 Å². The molecular weight excluding hydrogens is 118 g/mol. The molecule has 2 unspecified atom stereocenters. The topological polar surface area (TPSA) is 49.3 Å². The molecule has 2 N–H and O–H groups in total. The molecule has 1 heterocycles. The van der Waals surface area contributed by atoms with Crippen molar-refractivity contribution >= 4 is 5.97 Å². The molecule has 1 aliphatic heterocycles. The standard InChI is InChI=1S/C6H9NO2/c8-5(9)6-3-4(6)1-2-7-6/h4,7H,1-3H2,(H,8,9). The predicted octanol–water partition coefficient (Wildman–Crippen LogP) is -0.177. The molecule has 0 radical (unpaired) electrons. The molecule has 2 aliphatic rings. The zero-order valence-electron chi connectivity index (χ0n) is 5.05. The highest BCUT2D eigenvalue weighted by atomic mass is 16.4. The number of carboxylic acid groups (broad SMARTS) is 1. The number of rotatable bonds is 1. The molecule has 0 aromatic rings. The minimum Gasteiger partial charge on any atom is -0.480 e. The molecule has 1 saturated carbocycles. The van der Waals surface area contributed by atoms with Crippen LogP contribution in [0.1, 0.15) is 12.8 Å². The Labute approximate surface area is 53.1 Å². The van der Waals surface area contributed by atoms with Gasteiger partial charge in [-0.3, -0.25) is 4.79 Å². The number of nitrogens with one attached hydrogen (secondary N) is 1. The van der Waals surface area contributed by atoms with Crippen molar-refractivity contribution in [2.24, 2.45) is 5.92 Å². The van der Waals surface area contributed by atoms with Gasteiger partial charge in [-0.15, -0.1) is 0 Å². The van der Waals surface area contributed by atoms with Gasteiger partial charge in [-0.25, -0.2) is 0 Å². The molecule has 2 rings (SSSR count). The molecular formula is C6H9NO2. The minimum absolute atomic E-state index is 0.440. The number of carboxylic acids is 1. The van der Waals surface area contributed by atoms with E-state index in [0.717, 1.165) is 19.4 Å². The van der Waals surface area contributed by atoms with Crippen LogP contribution in [0.4, 0.5) is 0 Å². The third-order valence-electron chi connectivity index (χ3n) is 2.42. The lowest BCUT2D eigenvalue weighted by atomic mass is 10.2. The van der Waals surface area contributed by atoms with Crippen molar-refractivity contribution in [1.29, 1.82) is 0 Å². The molecule has 3 nitrogen and oxygen atoms in total. The van der Waals surface area contributed by atoms with E-state index in [4.69, 9.17) is 5.11 Å². The van der Waals surface area contributed by atoms with Gasteiger partial charge in [0, 0.05) is 0 Å². The summed E-state index contributed by atoms with van der Waals surface area (Å²) in [5.74, 6) is -0.222. The Balaban J connectivity index is 2.19. The molecule has 1 aliphatic carbocycles. The number of hydrogen-bond acceptors (Lipinski definition) is 2. The van der Waals surface area contributed by atoms with Crippen LogP contribution in [0, 0.1) is 5.92 Å². The monoisotopic (exact) mass is 127 g/mol. The second-order valence-corrected chi connectivity index (χ2v) is 2.89. The Morgan fingerprint density at radius 1 is 1.78 bits per heavy atom. The second kappa shape index (κ2) is 1.29. The SMILES string of the molecule is O=C(O)C12CC1CCN2. The smallest absolute Gasteiger partial charge is 0.324 e. The Bertz CT molecular complexity index is 168. The lowest BCUT2D eigenvalue weighted by Crippen LogP contribution is -2.36. The van der Waals surface area contributed by atoms with E-state index < -0.39 is 11.5 Å². The number of fused-ring (bicyclic) bond motifs is 1. The summed E-state index contributed by atoms with van der Waals surface area (Å²) < 4.78 is 0. The van der Waals surface area contributed by atoms with Gasteiger partial charge in [0.1, 0.15) is 5.54 Å². The van der Waals surface area contributed by atoms with Gasteiger partial charge in [-0.1, -0.05) is 0 Å². The quantitative estimate of drug-likeness (QED) is 0.514. The van der Waals surface area contributed by atoms with Crippen LogP contribution in [0.3, 0.4) is 0 Å². The average molecular weight is 127 g/mol. The van der Waals surface area contributed by atoms with Gasteiger partial charge in [0.2, 0.25) is 0 Å². The van der Waals surface area contributed by atoms with E-state index >= 15 is 0 Å². The highest BCUT2D eigenvalue weighted by molar-refractivity contribution is 5.83. The van der Waals surface area contributed by atoms with Gasteiger partial charge >= 0.3 is 5.97 Å². The second-order valence-electron chi connectivity index (χ2n) is 2.89. The molecule has 0 bridgehead atoms. The molecule has 3 heteroatoms. The molecule has 0 aromatic heterocycles. The minimum atomic E-state index is -0.662. The zero-order valence-corrected chi connectivity index (χ0v) is 5.05. The van der Waals surface area contributed by atoms with Crippen LogP contribution in [0.5, 0.6) is 0 Å². The third kappa shape index (κ3) is 0.477. The zero-order chi connectivity index (χ0) is 6.48. The van der Waals surface area contributed by atoms with E-state index in [0.29, 0.717) is 5.92 Å². The fourth-order valence-electron chi connectivity index (χ4n) is 1.70. The largest absolute Gasteiger partial charge is 0.480 e. The Hall–Kier alpha value is -0.570. The first kappa shape index (κ1) is 5.23. The van der Waals surface area contributed by atoms with Crippen LogP contribution in [0.2, 0.25) is 0 Å². The molecule has 2 fully saturated rings. The summed E-state index contributed by atoms with van der Waals surface area (Å²) in [7, 11) is 0. The van der Waals surface area contributed by atoms with E-state index in [1.54, 1.807) is 0 Å². The fraction of sp³-hybridized carbons (Fsp3) is 0.833. The van der Waals surface area contributed by atoms with Crippen LogP contribution in [-0.4, -0.2) is 23.2 Å². The first-order valence-electron chi connectivity index (χ1n) is 3.24. The van der Waals surface area contributed by atoms with E-state index in [1.807, 2.05) is 0 Å². The van der Waals surface area contributed by atoms with Gasteiger partial charge < -0.3 is 10.4 Å². The highest BCUT2D eigenvalue weighted by Crippen LogP contribution is 2.49. The van der Waals surface area contributed by atoms with Crippen LogP contribution < -0.4 is 5.32 Å². The average Bonchev–Trinajstić information content (AvgIpc) is 2.38. The van der Waals surface area contributed by atoms with E-state index in [-0.39, 0.29) is 0 Å². The lowest BCUT2D eigenvalue weighted by Gasteiger charge is -2.04. The first-order valence-corrected chi connectivity index (χ1v) is 3.24. The molecule has 0 spiro atoms. The summed E-state index contributed by atoms with van der Waals surface area (Å²) in [6, 6.07) is 0. The van der Waals surface area contributed by atoms with Crippen molar-refractivity contribution in [1.82, 2.24) is 5.32 Å². The third-order valence-corrected chi connectivity index (χ3v) is 2.42. The van der Waals surface area contributed by atoms with Gasteiger partial charge in [0.05, 0.1) is 0 Å². The predicted molar refractivity (Wildman–Crippen MR) is 31.1 cm³/mol. The van der Waals surface area contributed by atoms with Crippen LogP contribution in [-0.2, 0) is 4.79 Å². The van der Waals surface area contributed by atoms with Crippen molar-refractivity contribution in [2.45, 2.75) is 18.4 Å². The summed E-state index contributed by atoms with van der Waals surface area (Å²) in [6.45, 7) is 0.886. The van der Waals surface area contributed by atoms with Gasteiger partial charge in [-0.05, 0) is 25.3 Å². The summed E-state index contributed by atoms with van der Waals surface area (Å²) in [4.78, 5) is 10.5. The van der Waals surface area contributed by atoms with Crippen molar-refractivity contribution in [2.75, 3.05) is 6.54 Å². The summed E-state index contributed by atoms with van der Waals surface area (Å²) in [6.07, 6.45) is 1.90. The summed E-state index contributed by atoms with van der Waals surface area (Å²) in [5.41, 5.74) is -0.472. The van der Waals surface area contributed by atoms with E-state index in [9.17, 15) is 4.79 Å². The molecule has 9 heavy (non-hydrogen) atoms. The van der Waals surface area contributed by atoms with Gasteiger partial charge in [0.25, 0.3) is 0 Å². The fourth-order valence-corrected chi connectivity index (χ4v) is 1.70. The van der Waals surface area contributed by atoms with Gasteiger partial charge in [-0.2, -0.15) is 0 Å². The molecule has 50 valence electrons. The highest BCUT2D eigenvalue weighted by Gasteiger charge is 2.62. The van der Waals surface area contributed by atoms with Crippen LogP contribution in [0.25, 0.3) is 0 Å². The molecule has 1 saturated heterocycles. The Morgan fingerprint density at radius 3 is 2.78 bits per heavy atom. The van der Waals surface area contributed by atoms with Crippen molar-refractivity contribution < 1.29 is 9.90 Å². The van der Waals surface area contributed by atoms with Crippen molar-refractivity contribution in [3.05, 3.63) is 0 Å². The Kier molecular flexibility index (Phi) is 0.750. The summed E-state index contributed by atoms with van der Waals surface area (Å²) >= 11 is 0. The Morgan fingerprint density at radius 2 is 2.56 bits per heavy atom. The van der Waals surface area contributed by atoms with E-state index in [1.165, 1.54) is 0 Å². The van der Waals surface area contributed by atoms with Crippen molar-refractivity contribution in [3.8, 4) is 0 Å². The normalized spacial score (nSPS) is 46.4. The molecule has 0 aromatic carbocycles. The number of aliphatic carboxylic acids is 1. The number of piperidine rings is 1. The maximum Gasteiger partial charge on any atom is 0.324 e.